The van der Waals surface area contributed by atoms with E-state index in [0.29, 0.717) is 44.7 Å². The van der Waals surface area contributed by atoms with Crippen molar-refractivity contribution < 1.29 is 37.7 Å². The molecule has 3 heterocycles. The molecular weight excluding hydrogens is 468 g/mol. The van der Waals surface area contributed by atoms with E-state index in [2.05, 4.69) is 15.0 Å². The molecule has 3 atom stereocenters. The number of carbonyl (C=O) groups is 3. The Morgan fingerprint density at radius 3 is 2.86 bits per heavy atom. The molecule has 3 rings (SSSR count). The van der Waals surface area contributed by atoms with Crippen LogP contribution < -0.4 is 5.32 Å². The van der Waals surface area contributed by atoms with Crippen LogP contribution in [0.3, 0.4) is 0 Å². The molecule has 1 amide bonds. The molecule has 1 aromatic rings. The quantitative estimate of drug-likeness (QED) is 0.319. The molecule has 1 N–H and O–H groups in total. The fourth-order valence-electron chi connectivity index (χ4n) is 4.24. The highest BCUT2D eigenvalue weighted by atomic mass is 16.6. The summed E-state index contributed by atoms with van der Waals surface area (Å²) in [4.78, 5) is 39.8. The summed E-state index contributed by atoms with van der Waals surface area (Å²) >= 11 is 0. The zero-order chi connectivity index (χ0) is 25.6. The minimum Gasteiger partial charge on any atom is -0.466 e. The van der Waals surface area contributed by atoms with Crippen molar-refractivity contribution >= 4 is 24.1 Å². The van der Waals surface area contributed by atoms with E-state index in [1.54, 1.807) is 24.5 Å². The number of methoxy groups -OCH3 is 1. The number of allylic oxidation sites excluding steroid dienone is 1. The summed E-state index contributed by atoms with van der Waals surface area (Å²) < 4.78 is 26.9. The Hall–Kier alpha value is -3.14. The number of carbonyl (C=O) groups excluding carboxylic acids is 3. The van der Waals surface area contributed by atoms with Crippen LogP contribution in [-0.4, -0.2) is 61.6 Å². The third-order valence-electron chi connectivity index (χ3n) is 6.00. The lowest BCUT2D eigenvalue weighted by atomic mass is 9.95. The second-order valence-corrected chi connectivity index (χ2v) is 8.93. The fraction of sp³-hybridized carbons (Fsp3) is 0.615. The van der Waals surface area contributed by atoms with E-state index in [4.69, 9.17) is 18.6 Å². The Labute approximate surface area is 211 Å². The number of hydrogen-bond donors (Lipinski definition) is 1. The zero-order valence-electron chi connectivity index (χ0n) is 20.8. The van der Waals surface area contributed by atoms with Crippen LogP contribution in [0.15, 0.2) is 28.9 Å². The largest absolute Gasteiger partial charge is 0.466 e. The van der Waals surface area contributed by atoms with Gasteiger partial charge in [0.15, 0.2) is 0 Å². The predicted molar refractivity (Wildman–Crippen MR) is 130 cm³/mol. The first-order valence-corrected chi connectivity index (χ1v) is 12.6. The van der Waals surface area contributed by atoms with Gasteiger partial charge in [0.2, 0.25) is 5.89 Å². The summed E-state index contributed by atoms with van der Waals surface area (Å²) in [5.74, 6) is -0.223. The van der Waals surface area contributed by atoms with Crippen LogP contribution in [-0.2, 0) is 35.0 Å². The van der Waals surface area contributed by atoms with Crippen molar-refractivity contribution in [3.8, 4) is 0 Å². The van der Waals surface area contributed by atoms with Gasteiger partial charge in [-0.3, -0.25) is 4.79 Å². The van der Waals surface area contributed by atoms with E-state index >= 15 is 0 Å². The van der Waals surface area contributed by atoms with Crippen LogP contribution in [0.2, 0.25) is 0 Å². The molecule has 0 aromatic carbocycles. The number of rotatable bonds is 8. The molecule has 198 valence electrons. The zero-order valence-corrected chi connectivity index (χ0v) is 20.8. The lowest BCUT2D eigenvalue weighted by molar-refractivity contribution is -0.163. The van der Waals surface area contributed by atoms with Crippen molar-refractivity contribution in [3.05, 3.63) is 36.1 Å². The molecule has 2 bridgehead atoms. The van der Waals surface area contributed by atoms with Gasteiger partial charge in [-0.15, -0.1) is 0 Å². The van der Waals surface area contributed by atoms with Gasteiger partial charge in [-0.25, -0.2) is 14.6 Å². The van der Waals surface area contributed by atoms with E-state index < -0.39 is 12.1 Å². The molecule has 0 unspecified atom stereocenters. The van der Waals surface area contributed by atoms with Gasteiger partial charge in [-0.2, -0.15) is 0 Å². The summed E-state index contributed by atoms with van der Waals surface area (Å²) in [6.45, 7) is 0.757. The number of esters is 2. The third kappa shape index (κ3) is 10.2. The van der Waals surface area contributed by atoms with Crippen molar-refractivity contribution in [2.45, 2.75) is 82.5 Å². The Balaban J connectivity index is 1.40. The van der Waals surface area contributed by atoms with Gasteiger partial charge in [0.25, 0.3) is 0 Å². The molecule has 0 saturated carbocycles. The summed E-state index contributed by atoms with van der Waals surface area (Å²) in [7, 11) is 1.30. The van der Waals surface area contributed by atoms with Gasteiger partial charge >= 0.3 is 18.0 Å². The Morgan fingerprint density at radius 2 is 2.00 bits per heavy atom. The maximum absolute atomic E-state index is 12.4. The van der Waals surface area contributed by atoms with Crippen molar-refractivity contribution in [3.63, 3.8) is 0 Å². The van der Waals surface area contributed by atoms with Crippen LogP contribution in [0.1, 0.15) is 69.4 Å². The number of amides is 1. The third-order valence-corrected chi connectivity index (χ3v) is 6.00. The Morgan fingerprint density at radius 1 is 1.17 bits per heavy atom. The second kappa shape index (κ2) is 15.1. The SMILES string of the molecule is COC(=O)NC/C=C\c1nc(CC/C=C\C(=O)O[C@@H]2C[C@H]3CCCCCCOC(=O)C[C@@H](C2)O3)co1. The lowest BCUT2D eigenvalue weighted by Gasteiger charge is -2.35. The van der Waals surface area contributed by atoms with Crippen LogP contribution in [0.4, 0.5) is 4.79 Å². The average molecular weight is 505 g/mol. The molecule has 1 aromatic heterocycles. The molecule has 10 nitrogen and oxygen atoms in total. The van der Waals surface area contributed by atoms with E-state index in [0.717, 1.165) is 37.8 Å². The maximum Gasteiger partial charge on any atom is 0.407 e. The fourth-order valence-corrected chi connectivity index (χ4v) is 4.24. The van der Waals surface area contributed by atoms with Gasteiger partial charge in [0, 0.05) is 25.5 Å². The van der Waals surface area contributed by atoms with Gasteiger partial charge in [-0.05, 0) is 31.8 Å². The monoisotopic (exact) mass is 504 g/mol. The first kappa shape index (κ1) is 27.4. The van der Waals surface area contributed by atoms with Crippen LogP contribution in [0.5, 0.6) is 0 Å². The number of nitrogens with zero attached hydrogens (tertiary/aromatic N) is 1. The number of ether oxygens (including phenoxy) is 4. The Kier molecular flexibility index (Phi) is 11.5. The summed E-state index contributed by atoms with van der Waals surface area (Å²) in [5, 5.41) is 2.52. The molecule has 2 saturated heterocycles. The predicted octanol–water partition coefficient (Wildman–Crippen LogP) is 3.89. The van der Waals surface area contributed by atoms with Crippen molar-refractivity contribution in [1.82, 2.24) is 10.3 Å². The summed E-state index contributed by atoms with van der Waals surface area (Å²) in [5.41, 5.74) is 0.753. The van der Waals surface area contributed by atoms with E-state index in [1.807, 2.05) is 0 Å². The van der Waals surface area contributed by atoms with Crippen LogP contribution in [0.25, 0.3) is 6.08 Å². The number of aryl methyl sites for hydroxylation is 1. The molecule has 2 aliphatic rings. The minimum absolute atomic E-state index is 0.00980. The summed E-state index contributed by atoms with van der Waals surface area (Å²) in [6.07, 6.45) is 14.5. The number of aromatic nitrogens is 1. The van der Waals surface area contributed by atoms with Gasteiger partial charge in [0.05, 0.1) is 38.0 Å². The molecule has 0 radical (unpaired) electrons. The van der Waals surface area contributed by atoms with Gasteiger partial charge in [0.1, 0.15) is 12.4 Å². The topological polar surface area (TPSA) is 126 Å². The van der Waals surface area contributed by atoms with Crippen LogP contribution >= 0.6 is 0 Å². The first-order valence-electron chi connectivity index (χ1n) is 12.6. The number of cyclic esters (lactones) is 1. The molecule has 10 heteroatoms. The van der Waals surface area contributed by atoms with Crippen LogP contribution in [0, 0.1) is 0 Å². The normalized spacial score (nSPS) is 23.5. The molecule has 0 spiro atoms. The van der Waals surface area contributed by atoms with E-state index in [9.17, 15) is 14.4 Å². The average Bonchev–Trinajstić information content (AvgIpc) is 3.30. The molecule has 2 aliphatic heterocycles. The highest BCUT2D eigenvalue weighted by Gasteiger charge is 2.33. The van der Waals surface area contributed by atoms with Gasteiger partial charge < -0.3 is 28.7 Å². The highest BCUT2D eigenvalue weighted by molar-refractivity contribution is 5.82. The molecule has 36 heavy (non-hydrogen) atoms. The molecule has 0 aliphatic carbocycles. The molecular formula is C26H36N2O8. The van der Waals surface area contributed by atoms with Crippen molar-refractivity contribution in [1.29, 1.82) is 0 Å². The van der Waals surface area contributed by atoms with Gasteiger partial charge in [-0.1, -0.05) is 31.4 Å². The number of fused-ring (bicyclic) bond motifs is 2. The second-order valence-electron chi connectivity index (χ2n) is 8.93. The number of nitrogens with one attached hydrogen (secondary N) is 1. The summed E-state index contributed by atoms with van der Waals surface area (Å²) in [6, 6.07) is 0. The highest BCUT2D eigenvalue weighted by Crippen LogP contribution is 2.28. The van der Waals surface area contributed by atoms with E-state index in [-0.39, 0.29) is 30.7 Å². The maximum atomic E-state index is 12.4. The number of alkyl carbamates (subject to hydrolysis) is 1. The van der Waals surface area contributed by atoms with E-state index in [1.165, 1.54) is 13.2 Å². The molecule has 2 fully saturated rings. The van der Waals surface area contributed by atoms with Crippen molar-refractivity contribution in [2.75, 3.05) is 20.3 Å². The van der Waals surface area contributed by atoms with Crippen molar-refractivity contribution in [2.24, 2.45) is 0 Å². The number of oxazole rings is 1. The number of hydrogen-bond acceptors (Lipinski definition) is 9. The standard InChI is InChI=1S/C26H36N2O8/c1-32-26(31)27-13-8-11-23-28-19(18-34-23)9-5-6-12-24(29)36-21-15-20-10-4-2-3-7-14-33-25(30)17-22(16-21)35-20/h6,8,11-12,18,20-22H,2-5,7,9-10,13-17H2,1H3,(H,27,31)/b11-8-,12-6-/t20-,21-,22-/m1/s1. The minimum atomic E-state index is -0.509. The smallest absolute Gasteiger partial charge is 0.407 e. The lowest BCUT2D eigenvalue weighted by Crippen LogP contribution is -2.39. The first-order chi connectivity index (χ1) is 17.5. The Bertz CT molecular complexity index is 910.